The normalized spacial score (nSPS) is 18.5. The molecule has 1 aliphatic rings. The van der Waals surface area contributed by atoms with E-state index in [1.165, 1.54) is 11.1 Å². The van der Waals surface area contributed by atoms with Crippen LogP contribution in [0.15, 0.2) is 24.3 Å². The van der Waals surface area contributed by atoms with Crippen LogP contribution in [0, 0.1) is 5.92 Å². The molecule has 0 saturated carbocycles. The molecule has 3 amide bonds. The Labute approximate surface area is 156 Å². The number of likely N-dealkylation sites (N-methyl/N-ethyl adjacent to an activating group) is 1. The average Bonchev–Trinajstić information content (AvgIpc) is 2.67. The molecule has 1 saturated heterocycles. The van der Waals surface area contributed by atoms with Crippen LogP contribution in [0.1, 0.15) is 36.9 Å². The summed E-state index contributed by atoms with van der Waals surface area (Å²) in [6.07, 6.45) is 2.72. The zero-order chi connectivity index (χ0) is 19.1. The maximum absolute atomic E-state index is 12.6. The Balaban J connectivity index is 1.95. The Hall–Kier alpha value is -2.08. The van der Waals surface area contributed by atoms with Crippen molar-refractivity contribution in [3.63, 3.8) is 0 Å². The second-order valence-corrected chi connectivity index (χ2v) is 7.16. The highest BCUT2D eigenvalue weighted by Gasteiger charge is 2.28. The largest absolute Gasteiger partial charge is 0.359 e. The van der Waals surface area contributed by atoms with E-state index in [4.69, 9.17) is 0 Å². The van der Waals surface area contributed by atoms with E-state index in [9.17, 15) is 9.59 Å². The molecule has 6 heteroatoms. The SMILES string of the molecule is CCc1ccc(C(CNC(=O)N2CCCC(C(=O)NC)C2)N(C)C)cc1. The fraction of sp³-hybridized carbons (Fsp3) is 0.600. The van der Waals surface area contributed by atoms with Crippen molar-refractivity contribution < 1.29 is 9.59 Å². The third kappa shape index (κ3) is 5.21. The molecule has 2 atom stereocenters. The maximum Gasteiger partial charge on any atom is 0.317 e. The summed E-state index contributed by atoms with van der Waals surface area (Å²) in [5.74, 6) is -0.0876. The standard InChI is InChI=1S/C20H32N4O2/c1-5-15-8-10-16(11-9-15)18(23(3)4)13-22-20(26)24-12-6-7-17(14-24)19(25)21-2/h8-11,17-18H,5-7,12-14H2,1-4H3,(H,21,25)(H,22,26). The first-order valence-corrected chi connectivity index (χ1v) is 9.45. The van der Waals surface area contributed by atoms with Crippen LogP contribution < -0.4 is 10.6 Å². The third-order valence-electron chi connectivity index (χ3n) is 5.17. The minimum atomic E-state index is -0.106. The van der Waals surface area contributed by atoms with E-state index in [0.717, 1.165) is 19.3 Å². The lowest BCUT2D eigenvalue weighted by atomic mass is 9.97. The van der Waals surface area contributed by atoms with Gasteiger partial charge in [0.05, 0.1) is 12.0 Å². The molecule has 0 aromatic heterocycles. The van der Waals surface area contributed by atoms with E-state index in [1.807, 2.05) is 14.1 Å². The lowest BCUT2D eigenvalue weighted by Crippen LogP contribution is -2.49. The highest BCUT2D eigenvalue weighted by Crippen LogP contribution is 2.20. The van der Waals surface area contributed by atoms with Gasteiger partial charge in [0.15, 0.2) is 0 Å². The fourth-order valence-electron chi connectivity index (χ4n) is 3.45. The minimum Gasteiger partial charge on any atom is -0.359 e. The van der Waals surface area contributed by atoms with Gasteiger partial charge in [-0.25, -0.2) is 4.79 Å². The highest BCUT2D eigenvalue weighted by atomic mass is 16.2. The Morgan fingerprint density at radius 1 is 1.27 bits per heavy atom. The van der Waals surface area contributed by atoms with Crippen LogP contribution in [0.3, 0.4) is 0 Å². The second-order valence-electron chi connectivity index (χ2n) is 7.16. The smallest absolute Gasteiger partial charge is 0.317 e. The van der Waals surface area contributed by atoms with Crippen LogP contribution in [0.4, 0.5) is 4.79 Å². The Morgan fingerprint density at radius 2 is 1.96 bits per heavy atom. The summed E-state index contributed by atoms with van der Waals surface area (Å²) in [5.41, 5.74) is 2.50. The first-order valence-electron chi connectivity index (χ1n) is 9.45. The predicted molar refractivity (Wildman–Crippen MR) is 104 cm³/mol. The summed E-state index contributed by atoms with van der Waals surface area (Å²) < 4.78 is 0. The summed E-state index contributed by atoms with van der Waals surface area (Å²) in [5, 5.41) is 5.74. The molecule has 1 aliphatic heterocycles. The van der Waals surface area contributed by atoms with Gasteiger partial charge in [-0.2, -0.15) is 0 Å². The number of piperidine rings is 1. The van der Waals surface area contributed by atoms with Crippen LogP contribution in [0.25, 0.3) is 0 Å². The van der Waals surface area contributed by atoms with Gasteiger partial charge in [-0.15, -0.1) is 0 Å². The molecule has 2 N–H and O–H groups in total. The molecule has 1 heterocycles. The van der Waals surface area contributed by atoms with Gasteiger partial charge in [0.2, 0.25) is 5.91 Å². The Bertz CT molecular complexity index is 600. The first kappa shape index (κ1) is 20.2. The van der Waals surface area contributed by atoms with Crippen molar-refractivity contribution in [2.24, 2.45) is 5.92 Å². The molecule has 2 unspecified atom stereocenters. The number of benzene rings is 1. The fourth-order valence-corrected chi connectivity index (χ4v) is 3.45. The number of carbonyl (C=O) groups excluding carboxylic acids is 2. The number of aryl methyl sites for hydroxylation is 1. The van der Waals surface area contributed by atoms with Crippen molar-refractivity contribution in [3.05, 3.63) is 35.4 Å². The number of hydrogen-bond donors (Lipinski definition) is 2. The van der Waals surface area contributed by atoms with E-state index >= 15 is 0 Å². The molecule has 2 rings (SSSR count). The van der Waals surface area contributed by atoms with Crippen LogP contribution in [0.5, 0.6) is 0 Å². The zero-order valence-electron chi connectivity index (χ0n) is 16.4. The van der Waals surface area contributed by atoms with E-state index in [1.54, 1.807) is 11.9 Å². The van der Waals surface area contributed by atoms with Crippen molar-refractivity contribution in [3.8, 4) is 0 Å². The summed E-state index contributed by atoms with van der Waals surface area (Å²) in [7, 11) is 5.69. The molecular formula is C20H32N4O2. The summed E-state index contributed by atoms with van der Waals surface area (Å²) >= 11 is 0. The topological polar surface area (TPSA) is 64.7 Å². The first-order chi connectivity index (χ1) is 12.5. The van der Waals surface area contributed by atoms with Crippen LogP contribution in [0.2, 0.25) is 0 Å². The molecule has 0 aliphatic carbocycles. The Morgan fingerprint density at radius 3 is 2.54 bits per heavy atom. The van der Waals surface area contributed by atoms with Crippen LogP contribution in [-0.2, 0) is 11.2 Å². The quantitative estimate of drug-likeness (QED) is 0.816. The van der Waals surface area contributed by atoms with Gasteiger partial charge in [-0.05, 0) is 44.5 Å². The third-order valence-corrected chi connectivity index (χ3v) is 5.17. The number of rotatable bonds is 6. The van der Waals surface area contributed by atoms with Gasteiger partial charge in [0.1, 0.15) is 0 Å². The van der Waals surface area contributed by atoms with Gasteiger partial charge >= 0.3 is 6.03 Å². The number of urea groups is 1. The summed E-state index contributed by atoms with van der Waals surface area (Å²) in [6.45, 7) is 3.88. The molecule has 1 aromatic carbocycles. The number of carbonyl (C=O) groups is 2. The lowest BCUT2D eigenvalue weighted by molar-refractivity contribution is -0.125. The van der Waals surface area contributed by atoms with Crippen molar-refractivity contribution in [2.75, 3.05) is 40.8 Å². The zero-order valence-corrected chi connectivity index (χ0v) is 16.4. The molecule has 0 radical (unpaired) electrons. The summed E-state index contributed by atoms with van der Waals surface area (Å²) in [6, 6.07) is 8.59. The molecule has 0 spiro atoms. The molecule has 144 valence electrons. The van der Waals surface area contributed by atoms with E-state index in [0.29, 0.717) is 19.6 Å². The average molecular weight is 361 g/mol. The number of nitrogens with zero attached hydrogens (tertiary/aromatic N) is 2. The van der Waals surface area contributed by atoms with Crippen molar-refractivity contribution >= 4 is 11.9 Å². The van der Waals surface area contributed by atoms with E-state index in [2.05, 4.69) is 46.7 Å². The minimum absolute atomic E-state index is 0.0182. The molecule has 0 bridgehead atoms. The van der Waals surface area contributed by atoms with Crippen molar-refractivity contribution in [1.29, 1.82) is 0 Å². The van der Waals surface area contributed by atoms with Gasteiger partial charge < -0.3 is 20.4 Å². The Kier molecular flexibility index (Phi) is 7.45. The van der Waals surface area contributed by atoms with Gasteiger partial charge in [0, 0.05) is 26.7 Å². The van der Waals surface area contributed by atoms with Crippen LogP contribution in [-0.4, -0.2) is 62.5 Å². The van der Waals surface area contributed by atoms with Gasteiger partial charge in [-0.3, -0.25) is 4.79 Å². The van der Waals surface area contributed by atoms with Gasteiger partial charge in [-0.1, -0.05) is 31.2 Å². The summed E-state index contributed by atoms with van der Waals surface area (Å²) in [4.78, 5) is 28.3. The number of amides is 3. The van der Waals surface area contributed by atoms with Crippen LogP contribution >= 0.6 is 0 Å². The van der Waals surface area contributed by atoms with Gasteiger partial charge in [0.25, 0.3) is 0 Å². The molecule has 6 nitrogen and oxygen atoms in total. The lowest BCUT2D eigenvalue weighted by Gasteiger charge is -2.33. The van der Waals surface area contributed by atoms with E-state index < -0.39 is 0 Å². The maximum atomic E-state index is 12.6. The van der Waals surface area contributed by atoms with Crippen molar-refractivity contribution in [1.82, 2.24) is 20.4 Å². The molecule has 26 heavy (non-hydrogen) atoms. The predicted octanol–water partition coefficient (Wildman–Crippen LogP) is 2.02. The molecule has 1 fully saturated rings. The monoisotopic (exact) mass is 360 g/mol. The number of likely N-dealkylation sites (tertiary alicyclic amines) is 1. The highest BCUT2D eigenvalue weighted by molar-refractivity contribution is 5.80. The number of nitrogens with one attached hydrogen (secondary N) is 2. The number of hydrogen-bond acceptors (Lipinski definition) is 3. The van der Waals surface area contributed by atoms with Crippen molar-refractivity contribution in [2.45, 2.75) is 32.2 Å². The molecular weight excluding hydrogens is 328 g/mol. The van der Waals surface area contributed by atoms with E-state index in [-0.39, 0.29) is 23.9 Å². The second kappa shape index (κ2) is 9.57. The molecule has 1 aromatic rings.